The number of halogens is 1. The molecule has 2 rings (SSSR count). The molecule has 3 nitrogen and oxygen atoms in total. The maximum atomic E-state index is 13.4. The van der Waals surface area contributed by atoms with E-state index in [2.05, 4.69) is 0 Å². The summed E-state index contributed by atoms with van der Waals surface area (Å²) >= 11 is 0. The van der Waals surface area contributed by atoms with Crippen molar-refractivity contribution >= 4 is 5.69 Å². The van der Waals surface area contributed by atoms with E-state index in [-0.39, 0.29) is 12.4 Å². The van der Waals surface area contributed by atoms with E-state index in [1.165, 1.54) is 12.1 Å². The van der Waals surface area contributed by atoms with Crippen LogP contribution < -0.4 is 10.5 Å². The van der Waals surface area contributed by atoms with Crippen LogP contribution in [-0.2, 0) is 6.61 Å². The first-order valence-electron chi connectivity index (χ1n) is 5.36. The molecule has 0 aliphatic heterocycles. The van der Waals surface area contributed by atoms with Gasteiger partial charge >= 0.3 is 0 Å². The van der Waals surface area contributed by atoms with Crippen LogP contribution in [0.2, 0.25) is 0 Å². The van der Waals surface area contributed by atoms with Crippen LogP contribution in [0.3, 0.4) is 0 Å². The van der Waals surface area contributed by atoms with Crippen LogP contribution in [0, 0.1) is 17.1 Å². The Morgan fingerprint density at radius 1 is 1.17 bits per heavy atom. The SMILES string of the molecule is N#Cc1ccc(COc2ccc(N)cc2F)cc1. The lowest BCUT2D eigenvalue weighted by Crippen LogP contribution is -1.98. The van der Waals surface area contributed by atoms with Gasteiger partial charge in [0.05, 0.1) is 11.6 Å². The fraction of sp³-hybridized carbons (Fsp3) is 0.0714. The van der Waals surface area contributed by atoms with Gasteiger partial charge in [-0.3, -0.25) is 0 Å². The van der Waals surface area contributed by atoms with Crippen molar-refractivity contribution in [3.05, 3.63) is 59.4 Å². The van der Waals surface area contributed by atoms with Crippen molar-refractivity contribution in [1.29, 1.82) is 5.26 Å². The quantitative estimate of drug-likeness (QED) is 0.842. The topological polar surface area (TPSA) is 59.0 Å². The Hall–Kier alpha value is -2.54. The normalized spacial score (nSPS) is 9.78. The zero-order valence-corrected chi connectivity index (χ0v) is 9.56. The monoisotopic (exact) mass is 242 g/mol. The number of benzene rings is 2. The largest absolute Gasteiger partial charge is 0.486 e. The van der Waals surface area contributed by atoms with Crippen molar-refractivity contribution in [3.8, 4) is 11.8 Å². The van der Waals surface area contributed by atoms with E-state index in [1.807, 2.05) is 6.07 Å². The van der Waals surface area contributed by atoms with Gasteiger partial charge in [0.15, 0.2) is 11.6 Å². The minimum Gasteiger partial charge on any atom is -0.486 e. The predicted octanol–water partition coefficient (Wildman–Crippen LogP) is 2.86. The zero-order valence-electron chi connectivity index (χ0n) is 9.56. The van der Waals surface area contributed by atoms with Crippen molar-refractivity contribution < 1.29 is 9.13 Å². The highest BCUT2D eigenvalue weighted by molar-refractivity contribution is 5.43. The van der Waals surface area contributed by atoms with Gasteiger partial charge in [0, 0.05) is 11.8 Å². The molecule has 0 bridgehead atoms. The second-order valence-electron chi connectivity index (χ2n) is 3.79. The molecule has 0 amide bonds. The highest BCUT2D eigenvalue weighted by atomic mass is 19.1. The van der Waals surface area contributed by atoms with E-state index in [9.17, 15) is 4.39 Å². The van der Waals surface area contributed by atoms with E-state index in [0.717, 1.165) is 5.56 Å². The van der Waals surface area contributed by atoms with Crippen molar-refractivity contribution in [3.63, 3.8) is 0 Å². The van der Waals surface area contributed by atoms with Gasteiger partial charge in [-0.2, -0.15) is 5.26 Å². The third kappa shape index (κ3) is 2.77. The lowest BCUT2D eigenvalue weighted by Gasteiger charge is -2.07. The van der Waals surface area contributed by atoms with Gasteiger partial charge in [0.1, 0.15) is 6.61 Å². The number of anilines is 1. The van der Waals surface area contributed by atoms with Gasteiger partial charge < -0.3 is 10.5 Å². The number of nitrogens with zero attached hydrogens (tertiary/aromatic N) is 1. The third-order valence-corrected chi connectivity index (χ3v) is 2.43. The number of nitriles is 1. The number of ether oxygens (including phenoxy) is 1. The molecule has 18 heavy (non-hydrogen) atoms. The number of hydrogen-bond acceptors (Lipinski definition) is 3. The van der Waals surface area contributed by atoms with E-state index in [1.54, 1.807) is 30.3 Å². The minimum absolute atomic E-state index is 0.161. The lowest BCUT2D eigenvalue weighted by molar-refractivity contribution is 0.290. The summed E-state index contributed by atoms with van der Waals surface area (Å²) in [7, 11) is 0. The van der Waals surface area contributed by atoms with Crippen LogP contribution in [0.15, 0.2) is 42.5 Å². The van der Waals surface area contributed by atoms with E-state index in [0.29, 0.717) is 11.3 Å². The molecule has 0 atom stereocenters. The van der Waals surface area contributed by atoms with Crippen molar-refractivity contribution in [2.75, 3.05) is 5.73 Å². The molecule has 0 spiro atoms. The summed E-state index contributed by atoms with van der Waals surface area (Å²) in [4.78, 5) is 0. The Labute approximate surface area is 104 Å². The van der Waals surface area contributed by atoms with Crippen LogP contribution in [0.1, 0.15) is 11.1 Å². The van der Waals surface area contributed by atoms with Crippen LogP contribution in [0.4, 0.5) is 10.1 Å². The van der Waals surface area contributed by atoms with Gasteiger partial charge in [-0.1, -0.05) is 12.1 Å². The Morgan fingerprint density at radius 2 is 1.89 bits per heavy atom. The Kier molecular flexibility index (Phi) is 3.44. The van der Waals surface area contributed by atoms with Gasteiger partial charge in [0.2, 0.25) is 0 Å². The average molecular weight is 242 g/mol. The average Bonchev–Trinajstić information content (AvgIpc) is 2.38. The minimum atomic E-state index is -0.483. The molecule has 0 radical (unpaired) electrons. The standard InChI is InChI=1S/C14H11FN2O/c15-13-7-12(17)5-6-14(13)18-9-11-3-1-10(8-16)2-4-11/h1-7H,9,17H2. The van der Waals surface area contributed by atoms with Crippen molar-refractivity contribution in [1.82, 2.24) is 0 Å². The van der Waals surface area contributed by atoms with Crippen LogP contribution in [-0.4, -0.2) is 0 Å². The molecule has 0 heterocycles. The molecule has 0 unspecified atom stereocenters. The van der Waals surface area contributed by atoms with Crippen molar-refractivity contribution in [2.45, 2.75) is 6.61 Å². The van der Waals surface area contributed by atoms with Crippen LogP contribution in [0.25, 0.3) is 0 Å². The second-order valence-corrected chi connectivity index (χ2v) is 3.79. The zero-order chi connectivity index (χ0) is 13.0. The first kappa shape index (κ1) is 11.9. The number of rotatable bonds is 3. The van der Waals surface area contributed by atoms with Crippen LogP contribution >= 0.6 is 0 Å². The molecule has 0 saturated carbocycles. The van der Waals surface area contributed by atoms with Gasteiger partial charge in [0.25, 0.3) is 0 Å². The van der Waals surface area contributed by atoms with E-state index >= 15 is 0 Å². The Bertz CT molecular complexity index is 588. The first-order chi connectivity index (χ1) is 8.69. The smallest absolute Gasteiger partial charge is 0.167 e. The lowest BCUT2D eigenvalue weighted by atomic mass is 10.1. The van der Waals surface area contributed by atoms with Gasteiger partial charge in [-0.25, -0.2) is 4.39 Å². The molecule has 0 aliphatic carbocycles. The molecule has 0 aliphatic rings. The maximum absolute atomic E-state index is 13.4. The molecule has 2 aromatic rings. The fourth-order valence-electron chi connectivity index (χ4n) is 1.47. The molecule has 0 saturated heterocycles. The third-order valence-electron chi connectivity index (χ3n) is 2.43. The Morgan fingerprint density at radius 3 is 2.50 bits per heavy atom. The molecular formula is C14H11FN2O. The summed E-state index contributed by atoms with van der Waals surface area (Å²) in [6, 6.07) is 13.2. The number of hydrogen-bond donors (Lipinski definition) is 1. The van der Waals surface area contributed by atoms with Gasteiger partial charge in [-0.15, -0.1) is 0 Å². The molecule has 0 aromatic heterocycles. The predicted molar refractivity (Wildman–Crippen MR) is 66.3 cm³/mol. The summed E-state index contributed by atoms with van der Waals surface area (Å²) in [5.41, 5.74) is 7.25. The molecule has 0 fully saturated rings. The molecule has 90 valence electrons. The summed E-state index contributed by atoms with van der Waals surface area (Å²) in [6.45, 7) is 0.243. The highest BCUT2D eigenvalue weighted by Gasteiger charge is 2.03. The Balaban J connectivity index is 2.04. The summed E-state index contributed by atoms with van der Waals surface area (Å²) < 4.78 is 18.8. The molecule has 2 N–H and O–H groups in total. The molecular weight excluding hydrogens is 231 g/mol. The van der Waals surface area contributed by atoms with Crippen LogP contribution in [0.5, 0.6) is 5.75 Å². The van der Waals surface area contributed by atoms with Gasteiger partial charge in [-0.05, 0) is 29.8 Å². The fourth-order valence-corrected chi connectivity index (χ4v) is 1.47. The summed E-state index contributed by atoms with van der Waals surface area (Å²) in [5.74, 6) is -0.322. The maximum Gasteiger partial charge on any atom is 0.167 e. The summed E-state index contributed by atoms with van der Waals surface area (Å²) in [5, 5.41) is 8.66. The molecule has 2 aromatic carbocycles. The first-order valence-corrected chi connectivity index (χ1v) is 5.36. The second kappa shape index (κ2) is 5.19. The number of nitrogens with two attached hydrogens (primary N) is 1. The highest BCUT2D eigenvalue weighted by Crippen LogP contribution is 2.20. The number of nitrogen functional groups attached to an aromatic ring is 1. The van der Waals surface area contributed by atoms with Crippen molar-refractivity contribution in [2.24, 2.45) is 0 Å². The molecule has 4 heteroatoms. The van der Waals surface area contributed by atoms with E-state index in [4.69, 9.17) is 15.7 Å². The van der Waals surface area contributed by atoms with E-state index < -0.39 is 5.82 Å². The summed E-state index contributed by atoms with van der Waals surface area (Å²) in [6.07, 6.45) is 0.